The molecule has 0 saturated heterocycles. The van der Waals surface area contributed by atoms with Gasteiger partial charge in [-0.3, -0.25) is 4.68 Å². The van der Waals surface area contributed by atoms with Crippen molar-refractivity contribution in [1.29, 1.82) is 0 Å². The molecule has 0 aliphatic heterocycles. The molecular weight excluding hydrogens is 238 g/mol. The summed E-state index contributed by atoms with van der Waals surface area (Å²) in [4.78, 5) is 0. The molecule has 92 valence electrons. The number of hydrogen-bond donors (Lipinski definition) is 2. The van der Waals surface area contributed by atoms with Crippen molar-refractivity contribution in [1.82, 2.24) is 9.78 Å². The van der Waals surface area contributed by atoms with Gasteiger partial charge in [-0.1, -0.05) is 12.1 Å². The van der Waals surface area contributed by atoms with Crippen molar-refractivity contribution in [2.24, 2.45) is 0 Å². The van der Waals surface area contributed by atoms with E-state index in [4.69, 9.17) is 0 Å². The van der Waals surface area contributed by atoms with Crippen molar-refractivity contribution in [2.45, 2.75) is 20.0 Å². The van der Waals surface area contributed by atoms with Gasteiger partial charge in [-0.05, 0) is 24.6 Å². The molecule has 1 aromatic carbocycles. The minimum Gasteiger partial charge on any atom is -0.508 e. The van der Waals surface area contributed by atoms with Crippen molar-refractivity contribution >= 4 is 18.1 Å². The van der Waals surface area contributed by atoms with E-state index in [1.54, 1.807) is 18.3 Å². The standard InChI is InChI=1S/C12H15N3O.ClH/c1-2-15-9-11(8-14-15)13-7-10-4-3-5-12(16)6-10;/h3-6,8-9,13,16H,2,7H2,1H3;1H. The Labute approximate surface area is 107 Å². The van der Waals surface area contributed by atoms with Crippen LogP contribution in [-0.4, -0.2) is 14.9 Å². The molecule has 0 amide bonds. The minimum absolute atomic E-state index is 0. The molecule has 0 saturated carbocycles. The van der Waals surface area contributed by atoms with Crippen LogP contribution >= 0.6 is 12.4 Å². The van der Waals surface area contributed by atoms with Crippen LogP contribution in [0.2, 0.25) is 0 Å². The monoisotopic (exact) mass is 253 g/mol. The second kappa shape index (κ2) is 6.15. The number of aromatic hydroxyl groups is 1. The van der Waals surface area contributed by atoms with Gasteiger partial charge in [-0.15, -0.1) is 12.4 Å². The fourth-order valence-electron chi connectivity index (χ4n) is 1.50. The van der Waals surface area contributed by atoms with E-state index in [9.17, 15) is 5.11 Å². The third kappa shape index (κ3) is 3.67. The summed E-state index contributed by atoms with van der Waals surface area (Å²) in [6.07, 6.45) is 3.76. The maximum atomic E-state index is 9.31. The molecule has 4 nitrogen and oxygen atoms in total. The molecule has 0 atom stereocenters. The summed E-state index contributed by atoms with van der Waals surface area (Å²) in [5, 5.41) is 16.7. The van der Waals surface area contributed by atoms with Crippen molar-refractivity contribution in [3.8, 4) is 5.75 Å². The van der Waals surface area contributed by atoms with Gasteiger partial charge in [0.2, 0.25) is 0 Å². The Morgan fingerprint density at radius 1 is 1.41 bits per heavy atom. The number of anilines is 1. The molecule has 0 radical (unpaired) electrons. The van der Waals surface area contributed by atoms with Gasteiger partial charge in [-0.25, -0.2) is 0 Å². The van der Waals surface area contributed by atoms with Gasteiger partial charge in [0.15, 0.2) is 0 Å². The third-order valence-electron chi connectivity index (χ3n) is 2.36. The first-order valence-electron chi connectivity index (χ1n) is 5.32. The van der Waals surface area contributed by atoms with Crippen LogP contribution in [0.5, 0.6) is 5.75 Å². The van der Waals surface area contributed by atoms with Crippen molar-refractivity contribution in [3.05, 3.63) is 42.2 Å². The highest BCUT2D eigenvalue weighted by Crippen LogP contribution is 2.13. The van der Waals surface area contributed by atoms with Crippen LogP contribution in [-0.2, 0) is 13.1 Å². The summed E-state index contributed by atoms with van der Waals surface area (Å²) in [5.74, 6) is 0.295. The second-order valence-electron chi connectivity index (χ2n) is 3.61. The first-order chi connectivity index (χ1) is 7.78. The minimum atomic E-state index is 0. The van der Waals surface area contributed by atoms with Gasteiger partial charge in [-0.2, -0.15) is 5.10 Å². The molecule has 0 bridgehead atoms. The molecule has 0 unspecified atom stereocenters. The molecule has 17 heavy (non-hydrogen) atoms. The highest BCUT2D eigenvalue weighted by Gasteiger charge is 1.97. The van der Waals surface area contributed by atoms with E-state index in [-0.39, 0.29) is 12.4 Å². The summed E-state index contributed by atoms with van der Waals surface area (Å²) in [5.41, 5.74) is 2.04. The zero-order valence-electron chi connectivity index (χ0n) is 9.63. The first kappa shape index (κ1) is 13.4. The molecule has 0 spiro atoms. The molecule has 0 aliphatic carbocycles. The predicted octanol–water partition coefficient (Wildman–Crippen LogP) is 2.64. The number of halogens is 1. The Balaban J connectivity index is 0.00000144. The van der Waals surface area contributed by atoms with Crippen LogP contribution in [0.3, 0.4) is 0 Å². The van der Waals surface area contributed by atoms with Crippen molar-refractivity contribution in [2.75, 3.05) is 5.32 Å². The maximum absolute atomic E-state index is 9.31. The molecule has 0 aliphatic rings. The molecule has 5 heteroatoms. The predicted molar refractivity (Wildman–Crippen MR) is 70.6 cm³/mol. The molecule has 2 rings (SSSR count). The number of nitrogens with one attached hydrogen (secondary N) is 1. The molecule has 1 aromatic heterocycles. The first-order valence-corrected chi connectivity index (χ1v) is 5.32. The molecular formula is C12H16ClN3O. The molecule has 0 fully saturated rings. The number of aromatic nitrogens is 2. The Kier molecular flexibility index (Phi) is 4.84. The maximum Gasteiger partial charge on any atom is 0.115 e. The van der Waals surface area contributed by atoms with E-state index < -0.39 is 0 Å². The fraction of sp³-hybridized carbons (Fsp3) is 0.250. The van der Waals surface area contributed by atoms with E-state index in [1.807, 2.05) is 29.9 Å². The van der Waals surface area contributed by atoms with Crippen LogP contribution in [0, 0.1) is 0 Å². The average Bonchev–Trinajstić information content (AvgIpc) is 2.74. The van der Waals surface area contributed by atoms with Gasteiger partial charge in [0.25, 0.3) is 0 Å². The quantitative estimate of drug-likeness (QED) is 0.881. The number of rotatable bonds is 4. The van der Waals surface area contributed by atoms with E-state index in [1.165, 1.54) is 0 Å². The zero-order valence-corrected chi connectivity index (χ0v) is 10.4. The van der Waals surface area contributed by atoms with Crippen molar-refractivity contribution < 1.29 is 5.11 Å². The summed E-state index contributed by atoms with van der Waals surface area (Å²) in [7, 11) is 0. The second-order valence-corrected chi connectivity index (χ2v) is 3.61. The molecule has 2 N–H and O–H groups in total. The smallest absolute Gasteiger partial charge is 0.115 e. The van der Waals surface area contributed by atoms with Crippen LogP contribution in [0.15, 0.2) is 36.7 Å². The lowest BCUT2D eigenvalue weighted by atomic mass is 10.2. The SMILES string of the molecule is CCn1cc(NCc2cccc(O)c2)cn1.Cl. The summed E-state index contributed by atoms with van der Waals surface area (Å²) in [6.45, 7) is 3.60. The van der Waals surface area contributed by atoms with Gasteiger partial charge < -0.3 is 10.4 Å². The molecule has 2 aromatic rings. The van der Waals surface area contributed by atoms with Crippen LogP contribution < -0.4 is 5.32 Å². The summed E-state index contributed by atoms with van der Waals surface area (Å²) in [6, 6.07) is 7.22. The zero-order chi connectivity index (χ0) is 11.4. The number of phenols is 1. The normalized spacial score (nSPS) is 9.71. The Morgan fingerprint density at radius 2 is 2.24 bits per heavy atom. The van der Waals surface area contributed by atoms with E-state index >= 15 is 0 Å². The van der Waals surface area contributed by atoms with E-state index in [2.05, 4.69) is 10.4 Å². The lowest BCUT2D eigenvalue weighted by Crippen LogP contribution is -1.98. The van der Waals surface area contributed by atoms with E-state index in [0.29, 0.717) is 12.3 Å². The van der Waals surface area contributed by atoms with Gasteiger partial charge in [0.1, 0.15) is 5.75 Å². The summed E-state index contributed by atoms with van der Waals surface area (Å²) < 4.78 is 1.87. The number of phenolic OH excluding ortho intramolecular Hbond substituents is 1. The highest BCUT2D eigenvalue weighted by molar-refractivity contribution is 5.85. The van der Waals surface area contributed by atoms with Crippen LogP contribution in [0.1, 0.15) is 12.5 Å². The van der Waals surface area contributed by atoms with Gasteiger partial charge in [0.05, 0.1) is 11.9 Å². The average molecular weight is 254 g/mol. The lowest BCUT2D eigenvalue weighted by Gasteiger charge is -2.03. The Morgan fingerprint density at radius 3 is 2.88 bits per heavy atom. The van der Waals surface area contributed by atoms with Gasteiger partial charge >= 0.3 is 0 Å². The lowest BCUT2D eigenvalue weighted by molar-refractivity contribution is 0.474. The largest absolute Gasteiger partial charge is 0.508 e. The van der Waals surface area contributed by atoms with Gasteiger partial charge in [0, 0.05) is 19.3 Å². The number of benzene rings is 1. The fourth-order valence-corrected chi connectivity index (χ4v) is 1.50. The molecule has 1 heterocycles. The Bertz CT molecular complexity index is 470. The Hall–Kier alpha value is -1.68. The van der Waals surface area contributed by atoms with Crippen LogP contribution in [0.4, 0.5) is 5.69 Å². The summed E-state index contributed by atoms with van der Waals surface area (Å²) >= 11 is 0. The number of hydrogen-bond acceptors (Lipinski definition) is 3. The topological polar surface area (TPSA) is 50.1 Å². The number of aryl methyl sites for hydroxylation is 1. The van der Waals surface area contributed by atoms with Crippen LogP contribution in [0.25, 0.3) is 0 Å². The third-order valence-corrected chi connectivity index (χ3v) is 2.36. The number of nitrogens with zero attached hydrogens (tertiary/aromatic N) is 2. The highest BCUT2D eigenvalue weighted by atomic mass is 35.5. The van der Waals surface area contributed by atoms with Crippen molar-refractivity contribution in [3.63, 3.8) is 0 Å². The van der Waals surface area contributed by atoms with E-state index in [0.717, 1.165) is 17.8 Å².